The second kappa shape index (κ2) is 5.35. The molecule has 0 fully saturated rings. The second-order valence-electron chi connectivity index (χ2n) is 4.38. The quantitative estimate of drug-likeness (QED) is 0.821. The average molecular weight is 219 g/mol. The summed E-state index contributed by atoms with van der Waals surface area (Å²) in [4.78, 5) is 0. The number of nitrogens with one attached hydrogen (secondary N) is 1. The molecule has 1 aliphatic heterocycles. The van der Waals surface area contributed by atoms with E-state index in [9.17, 15) is 0 Å². The van der Waals surface area contributed by atoms with Crippen molar-refractivity contribution in [2.24, 2.45) is 0 Å². The van der Waals surface area contributed by atoms with Crippen LogP contribution in [-0.4, -0.2) is 13.2 Å². The monoisotopic (exact) mass is 219 g/mol. The second-order valence-corrected chi connectivity index (χ2v) is 4.38. The fourth-order valence-electron chi connectivity index (χ4n) is 2.24. The summed E-state index contributed by atoms with van der Waals surface area (Å²) in [5.41, 5.74) is 2.77. The minimum absolute atomic E-state index is 0.492. The highest BCUT2D eigenvalue weighted by Crippen LogP contribution is 2.28. The fourth-order valence-corrected chi connectivity index (χ4v) is 2.24. The van der Waals surface area contributed by atoms with Crippen LogP contribution >= 0.6 is 0 Å². The van der Waals surface area contributed by atoms with Gasteiger partial charge in [-0.25, -0.2) is 0 Å². The summed E-state index contributed by atoms with van der Waals surface area (Å²) < 4.78 is 5.53. The van der Waals surface area contributed by atoms with Gasteiger partial charge in [0, 0.05) is 12.5 Å². The number of ether oxygens (including phenoxy) is 1. The van der Waals surface area contributed by atoms with Crippen molar-refractivity contribution in [1.82, 2.24) is 5.32 Å². The van der Waals surface area contributed by atoms with Crippen molar-refractivity contribution >= 4 is 0 Å². The van der Waals surface area contributed by atoms with Crippen molar-refractivity contribution in [3.63, 3.8) is 0 Å². The van der Waals surface area contributed by atoms with E-state index in [1.807, 2.05) is 0 Å². The molecule has 1 atom stereocenters. The van der Waals surface area contributed by atoms with Crippen LogP contribution in [0.3, 0.4) is 0 Å². The molecule has 0 saturated heterocycles. The molecule has 1 N–H and O–H groups in total. The number of benzene rings is 1. The zero-order chi connectivity index (χ0) is 11.4. The Bertz CT molecular complexity index is 349. The molecule has 0 spiro atoms. The predicted molar refractivity (Wildman–Crippen MR) is 67.0 cm³/mol. The maximum absolute atomic E-state index is 5.53. The molecule has 88 valence electrons. The van der Waals surface area contributed by atoms with Crippen LogP contribution < -0.4 is 10.1 Å². The van der Waals surface area contributed by atoms with Crippen LogP contribution in [0, 0.1) is 0 Å². The zero-order valence-electron chi connectivity index (χ0n) is 10.3. The van der Waals surface area contributed by atoms with Crippen molar-refractivity contribution < 1.29 is 4.74 Å². The first-order valence-electron chi connectivity index (χ1n) is 6.34. The van der Waals surface area contributed by atoms with Crippen LogP contribution in [0.5, 0.6) is 5.75 Å². The standard InChI is InChI=1S/C14H21NO/c1-3-8-15-13(4-2)11-5-6-14-12(10-11)7-9-16-14/h5-6,10,13,15H,3-4,7-9H2,1-2H3. The van der Waals surface area contributed by atoms with Gasteiger partial charge in [-0.3, -0.25) is 0 Å². The van der Waals surface area contributed by atoms with Crippen molar-refractivity contribution in [3.05, 3.63) is 29.3 Å². The summed E-state index contributed by atoms with van der Waals surface area (Å²) in [6.45, 7) is 6.37. The normalized spacial score (nSPS) is 15.6. The number of hydrogen-bond acceptors (Lipinski definition) is 2. The highest BCUT2D eigenvalue weighted by atomic mass is 16.5. The predicted octanol–water partition coefficient (Wildman–Crippen LogP) is 3.07. The average Bonchev–Trinajstić information content (AvgIpc) is 2.77. The van der Waals surface area contributed by atoms with E-state index >= 15 is 0 Å². The highest BCUT2D eigenvalue weighted by molar-refractivity contribution is 5.40. The lowest BCUT2D eigenvalue weighted by Gasteiger charge is -2.17. The van der Waals surface area contributed by atoms with Gasteiger partial charge in [0.25, 0.3) is 0 Å². The van der Waals surface area contributed by atoms with E-state index in [1.54, 1.807) is 0 Å². The Hall–Kier alpha value is -1.02. The van der Waals surface area contributed by atoms with Crippen LogP contribution in [-0.2, 0) is 6.42 Å². The molecule has 2 nitrogen and oxygen atoms in total. The molecule has 0 aliphatic carbocycles. The maximum Gasteiger partial charge on any atom is 0.122 e. The fraction of sp³-hybridized carbons (Fsp3) is 0.571. The van der Waals surface area contributed by atoms with E-state index in [0.29, 0.717) is 6.04 Å². The Morgan fingerprint density at radius 1 is 1.38 bits per heavy atom. The van der Waals surface area contributed by atoms with Crippen molar-refractivity contribution in [1.29, 1.82) is 0 Å². The molecule has 1 heterocycles. The van der Waals surface area contributed by atoms with Crippen molar-refractivity contribution in [2.45, 2.75) is 39.2 Å². The first kappa shape index (κ1) is 11.5. The summed E-state index contributed by atoms with van der Waals surface area (Å²) in [5.74, 6) is 1.08. The molecule has 0 aromatic heterocycles. The Morgan fingerprint density at radius 2 is 2.25 bits per heavy atom. The first-order chi connectivity index (χ1) is 7.85. The van der Waals surface area contributed by atoms with E-state index in [2.05, 4.69) is 37.4 Å². The number of hydrogen-bond donors (Lipinski definition) is 1. The van der Waals surface area contributed by atoms with Crippen LogP contribution in [0.25, 0.3) is 0 Å². The molecule has 0 bridgehead atoms. The van der Waals surface area contributed by atoms with E-state index < -0.39 is 0 Å². The lowest BCUT2D eigenvalue weighted by Crippen LogP contribution is -2.21. The largest absolute Gasteiger partial charge is 0.493 e. The van der Waals surface area contributed by atoms with Crippen molar-refractivity contribution in [3.8, 4) is 5.75 Å². The van der Waals surface area contributed by atoms with E-state index in [0.717, 1.165) is 31.7 Å². The Labute approximate surface area is 98.0 Å². The molecule has 16 heavy (non-hydrogen) atoms. The van der Waals surface area contributed by atoms with Gasteiger partial charge in [0.1, 0.15) is 5.75 Å². The molecule has 2 rings (SSSR count). The molecule has 0 amide bonds. The highest BCUT2D eigenvalue weighted by Gasteiger charge is 2.15. The van der Waals surface area contributed by atoms with Crippen LogP contribution in [0.1, 0.15) is 43.9 Å². The molecule has 1 unspecified atom stereocenters. The third-order valence-electron chi connectivity index (χ3n) is 3.16. The van der Waals surface area contributed by atoms with Crippen LogP contribution in [0.15, 0.2) is 18.2 Å². The van der Waals surface area contributed by atoms with Crippen LogP contribution in [0.2, 0.25) is 0 Å². The van der Waals surface area contributed by atoms with Gasteiger partial charge >= 0.3 is 0 Å². The van der Waals surface area contributed by atoms with Gasteiger partial charge in [0.15, 0.2) is 0 Å². The molecule has 1 aromatic carbocycles. The Balaban J connectivity index is 2.12. The van der Waals surface area contributed by atoms with Gasteiger partial charge in [0.05, 0.1) is 6.61 Å². The van der Waals surface area contributed by atoms with E-state index in [1.165, 1.54) is 17.5 Å². The molecule has 2 heteroatoms. The summed E-state index contributed by atoms with van der Waals surface area (Å²) in [6.07, 6.45) is 3.39. The topological polar surface area (TPSA) is 21.3 Å². The number of rotatable bonds is 5. The van der Waals surface area contributed by atoms with Crippen LogP contribution in [0.4, 0.5) is 0 Å². The lowest BCUT2D eigenvalue weighted by molar-refractivity contribution is 0.356. The summed E-state index contributed by atoms with van der Waals surface area (Å²) in [5, 5.41) is 3.59. The Kier molecular flexibility index (Phi) is 3.83. The van der Waals surface area contributed by atoms with Gasteiger partial charge in [-0.15, -0.1) is 0 Å². The third-order valence-corrected chi connectivity index (χ3v) is 3.16. The van der Waals surface area contributed by atoms with E-state index in [-0.39, 0.29) is 0 Å². The van der Waals surface area contributed by atoms with Gasteiger partial charge in [-0.2, -0.15) is 0 Å². The minimum atomic E-state index is 0.492. The molecule has 0 radical (unpaired) electrons. The van der Waals surface area contributed by atoms with Gasteiger partial charge in [-0.1, -0.05) is 26.0 Å². The summed E-state index contributed by atoms with van der Waals surface area (Å²) in [7, 11) is 0. The minimum Gasteiger partial charge on any atom is -0.493 e. The number of fused-ring (bicyclic) bond motifs is 1. The van der Waals surface area contributed by atoms with E-state index in [4.69, 9.17) is 4.74 Å². The molecule has 0 saturated carbocycles. The van der Waals surface area contributed by atoms with Gasteiger partial charge in [0.2, 0.25) is 0 Å². The van der Waals surface area contributed by atoms with Gasteiger partial charge in [-0.05, 0) is 36.6 Å². The van der Waals surface area contributed by atoms with Crippen molar-refractivity contribution in [2.75, 3.05) is 13.2 Å². The zero-order valence-corrected chi connectivity index (χ0v) is 10.3. The van der Waals surface area contributed by atoms with Gasteiger partial charge < -0.3 is 10.1 Å². The molecule has 1 aromatic rings. The Morgan fingerprint density at radius 3 is 3.00 bits per heavy atom. The lowest BCUT2D eigenvalue weighted by atomic mass is 10.0. The molecule has 1 aliphatic rings. The third kappa shape index (κ3) is 2.38. The maximum atomic E-state index is 5.53. The molecular formula is C14H21NO. The first-order valence-corrected chi connectivity index (χ1v) is 6.34. The SMILES string of the molecule is CCCNC(CC)c1ccc2c(c1)CCO2. The summed E-state index contributed by atoms with van der Waals surface area (Å²) >= 11 is 0. The molecular weight excluding hydrogens is 198 g/mol. The summed E-state index contributed by atoms with van der Waals surface area (Å²) in [6, 6.07) is 7.11. The smallest absolute Gasteiger partial charge is 0.122 e.